The van der Waals surface area contributed by atoms with E-state index >= 15 is 0 Å². The molecule has 114 valence electrons. The molecular weight excluding hydrogens is 304 g/mol. The molecule has 0 atom stereocenters. The quantitative estimate of drug-likeness (QED) is 0.481. The minimum Gasteiger partial charge on any atom is -0.435 e. The van der Waals surface area contributed by atoms with Gasteiger partial charge in [0.15, 0.2) is 0 Å². The SMILES string of the molecule is O=C(C(=O)c1cc(F)cc(F)c1)c1ccc(OC(F)F)cc1. The summed E-state index contributed by atoms with van der Waals surface area (Å²) in [4.78, 5) is 23.8. The first-order valence-corrected chi connectivity index (χ1v) is 5.97. The van der Waals surface area contributed by atoms with E-state index in [1.165, 1.54) is 0 Å². The topological polar surface area (TPSA) is 43.4 Å². The van der Waals surface area contributed by atoms with Crippen molar-refractivity contribution >= 4 is 11.6 Å². The van der Waals surface area contributed by atoms with Gasteiger partial charge in [-0.25, -0.2) is 8.78 Å². The van der Waals surface area contributed by atoms with Gasteiger partial charge in [0.1, 0.15) is 17.4 Å². The van der Waals surface area contributed by atoms with Gasteiger partial charge >= 0.3 is 6.61 Å². The lowest BCUT2D eigenvalue weighted by molar-refractivity contribution is -0.0498. The summed E-state index contributed by atoms with van der Waals surface area (Å²) in [5, 5.41) is 0. The highest BCUT2D eigenvalue weighted by atomic mass is 19.3. The first kappa shape index (κ1) is 15.7. The third kappa shape index (κ3) is 3.69. The predicted octanol–water partition coefficient (Wildman–Crippen LogP) is 3.63. The van der Waals surface area contributed by atoms with E-state index in [0.29, 0.717) is 6.07 Å². The van der Waals surface area contributed by atoms with E-state index in [2.05, 4.69) is 4.74 Å². The average molecular weight is 312 g/mol. The van der Waals surface area contributed by atoms with Crippen LogP contribution >= 0.6 is 0 Å². The molecule has 0 bridgehead atoms. The van der Waals surface area contributed by atoms with E-state index < -0.39 is 35.4 Å². The molecule has 2 aromatic rings. The molecule has 0 radical (unpaired) electrons. The molecule has 0 fully saturated rings. The second kappa shape index (κ2) is 6.38. The van der Waals surface area contributed by atoms with Crippen LogP contribution < -0.4 is 4.74 Å². The molecule has 0 saturated carbocycles. The van der Waals surface area contributed by atoms with Crippen LogP contribution in [-0.4, -0.2) is 18.2 Å². The Hall–Kier alpha value is -2.70. The number of carbonyl (C=O) groups excluding carboxylic acids is 2. The zero-order chi connectivity index (χ0) is 16.3. The van der Waals surface area contributed by atoms with E-state index in [4.69, 9.17) is 0 Å². The molecule has 0 spiro atoms. The number of hydrogen-bond donors (Lipinski definition) is 0. The van der Waals surface area contributed by atoms with Crippen LogP contribution in [0, 0.1) is 11.6 Å². The number of rotatable bonds is 5. The molecule has 0 N–H and O–H groups in total. The molecular formula is C15H8F4O3. The summed E-state index contributed by atoms with van der Waals surface area (Å²) in [5.41, 5.74) is -0.549. The number of ether oxygens (including phenoxy) is 1. The van der Waals surface area contributed by atoms with Crippen LogP contribution in [0.1, 0.15) is 20.7 Å². The van der Waals surface area contributed by atoms with Gasteiger partial charge in [-0.05, 0) is 36.4 Å². The second-order valence-corrected chi connectivity index (χ2v) is 4.22. The van der Waals surface area contributed by atoms with Crippen LogP contribution in [0.4, 0.5) is 17.6 Å². The van der Waals surface area contributed by atoms with E-state index in [1.54, 1.807) is 0 Å². The molecule has 0 saturated heterocycles. The molecule has 2 rings (SSSR count). The largest absolute Gasteiger partial charge is 0.435 e. The third-order valence-electron chi connectivity index (χ3n) is 2.67. The van der Waals surface area contributed by atoms with Gasteiger partial charge in [0.2, 0.25) is 11.6 Å². The fourth-order valence-corrected chi connectivity index (χ4v) is 1.73. The lowest BCUT2D eigenvalue weighted by atomic mass is 10.0. The first-order valence-electron chi connectivity index (χ1n) is 5.97. The van der Waals surface area contributed by atoms with Crippen LogP contribution in [0.5, 0.6) is 5.75 Å². The molecule has 3 nitrogen and oxygen atoms in total. The van der Waals surface area contributed by atoms with Crippen molar-refractivity contribution in [1.82, 2.24) is 0 Å². The summed E-state index contributed by atoms with van der Waals surface area (Å²) in [7, 11) is 0. The van der Waals surface area contributed by atoms with E-state index in [9.17, 15) is 27.2 Å². The molecule has 0 heterocycles. The number of hydrogen-bond acceptors (Lipinski definition) is 3. The number of carbonyl (C=O) groups is 2. The molecule has 0 aliphatic carbocycles. The Morgan fingerprint density at radius 2 is 1.32 bits per heavy atom. The number of ketones is 2. The van der Waals surface area contributed by atoms with Gasteiger partial charge in [-0.1, -0.05) is 0 Å². The van der Waals surface area contributed by atoms with Gasteiger partial charge in [-0.15, -0.1) is 0 Å². The zero-order valence-corrected chi connectivity index (χ0v) is 10.9. The normalized spacial score (nSPS) is 10.6. The fourth-order valence-electron chi connectivity index (χ4n) is 1.73. The third-order valence-corrected chi connectivity index (χ3v) is 2.67. The Kier molecular flexibility index (Phi) is 4.55. The average Bonchev–Trinajstić information content (AvgIpc) is 2.45. The summed E-state index contributed by atoms with van der Waals surface area (Å²) >= 11 is 0. The Morgan fingerprint density at radius 3 is 1.82 bits per heavy atom. The standard InChI is InChI=1S/C15H8F4O3/c16-10-5-9(6-11(17)7-10)14(21)13(20)8-1-3-12(4-2-8)22-15(18)19/h1-7,15H. The Labute approximate surface area is 122 Å². The summed E-state index contributed by atoms with van der Waals surface area (Å²) in [6, 6.07) is 6.41. The molecule has 22 heavy (non-hydrogen) atoms. The molecule has 0 aromatic heterocycles. The summed E-state index contributed by atoms with van der Waals surface area (Å²) in [6.45, 7) is -3.02. The lowest BCUT2D eigenvalue weighted by Gasteiger charge is -2.05. The fraction of sp³-hybridized carbons (Fsp3) is 0.0667. The molecule has 0 unspecified atom stereocenters. The molecule has 0 aliphatic rings. The number of alkyl halides is 2. The molecule has 0 aliphatic heterocycles. The van der Waals surface area contributed by atoms with Crippen LogP contribution in [0.3, 0.4) is 0 Å². The predicted molar refractivity (Wildman–Crippen MR) is 68.1 cm³/mol. The van der Waals surface area contributed by atoms with Gasteiger partial charge < -0.3 is 4.74 Å². The second-order valence-electron chi connectivity index (χ2n) is 4.22. The highest BCUT2D eigenvalue weighted by molar-refractivity contribution is 6.49. The molecule has 7 heteroatoms. The van der Waals surface area contributed by atoms with Crippen molar-refractivity contribution in [3.63, 3.8) is 0 Å². The Bertz CT molecular complexity index is 691. The van der Waals surface area contributed by atoms with Crippen molar-refractivity contribution in [3.8, 4) is 5.75 Å². The minimum atomic E-state index is -3.02. The van der Waals surface area contributed by atoms with Crippen molar-refractivity contribution in [2.24, 2.45) is 0 Å². The summed E-state index contributed by atoms with van der Waals surface area (Å²) in [6.07, 6.45) is 0. The van der Waals surface area contributed by atoms with Gasteiger partial charge in [0.05, 0.1) is 0 Å². The van der Waals surface area contributed by atoms with Crippen LogP contribution in [0.15, 0.2) is 42.5 Å². The van der Waals surface area contributed by atoms with E-state index in [0.717, 1.165) is 36.4 Å². The Morgan fingerprint density at radius 1 is 0.818 bits per heavy atom. The van der Waals surface area contributed by atoms with Crippen LogP contribution in [0.2, 0.25) is 0 Å². The van der Waals surface area contributed by atoms with Crippen LogP contribution in [-0.2, 0) is 0 Å². The van der Waals surface area contributed by atoms with Gasteiger partial charge in [-0.3, -0.25) is 9.59 Å². The minimum absolute atomic E-state index is 0.115. The van der Waals surface area contributed by atoms with Crippen molar-refractivity contribution < 1.29 is 31.9 Å². The molecule has 0 amide bonds. The number of benzene rings is 2. The Balaban J connectivity index is 2.21. The van der Waals surface area contributed by atoms with Gasteiger partial charge in [-0.2, -0.15) is 8.78 Å². The highest BCUT2D eigenvalue weighted by Gasteiger charge is 2.20. The maximum atomic E-state index is 13.0. The maximum Gasteiger partial charge on any atom is 0.387 e. The number of halogens is 4. The van der Waals surface area contributed by atoms with Crippen molar-refractivity contribution in [1.29, 1.82) is 0 Å². The van der Waals surface area contributed by atoms with Gasteiger partial charge in [0, 0.05) is 17.2 Å². The van der Waals surface area contributed by atoms with Crippen molar-refractivity contribution in [2.45, 2.75) is 6.61 Å². The summed E-state index contributed by atoms with van der Waals surface area (Å²) in [5.74, 6) is -4.29. The smallest absolute Gasteiger partial charge is 0.387 e. The summed E-state index contributed by atoms with van der Waals surface area (Å²) < 4.78 is 54.2. The molecule has 2 aromatic carbocycles. The maximum absolute atomic E-state index is 13.0. The first-order chi connectivity index (χ1) is 10.4. The van der Waals surface area contributed by atoms with E-state index in [1.807, 2.05) is 0 Å². The zero-order valence-electron chi connectivity index (χ0n) is 10.9. The highest BCUT2D eigenvalue weighted by Crippen LogP contribution is 2.17. The van der Waals surface area contributed by atoms with Crippen molar-refractivity contribution in [2.75, 3.05) is 0 Å². The van der Waals surface area contributed by atoms with Crippen molar-refractivity contribution in [3.05, 3.63) is 65.2 Å². The monoisotopic (exact) mass is 312 g/mol. The van der Waals surface area contributed by atoms with Gasteiger partial charge in [0.25, 0.3) is 0 Å². The van der Waals surface area contributed by atoms with Crippen LogP contribution in [0.25, 0.3) is 0 Å². The van der Waals surface area contributed by atoms with E-state index in [-0.39, 0.29) is 11.3 Å². The number of Topliss-reactive ketones (excluding diaryl/α,β-unsaturated/α-hetero) is 2. The lowest BCUT2D eigenvalue weighted by Crippen LogP contribution is -2.15.